The summed E-state index contributed by atoms with van der Waals surface area (Å²) in [5.74, 6) is 0.591. The molecule has 1 saturated heterocycles. The Kier molecular flexibility index (Phi) is 6.98. The molecule has 0 atom stereocenters. The first kappa shape index (κ1) is 18.7. The van der Waals surface area contributed by atoms with Gasteiger partial charge in [0.05, 0.1) is 6.54 Å². The Morgan fingerprint density at radius 2 is 1.54 bits per heavy atom. The summed E-state index contributed by atoms with van der Waals surface area (Å²) in [6.07, 6.45) is 2.80. The monoisotopic (exact) mass is 330 g/mol. The summed E-state index contributed by atoms with van der Waals surface area (Å²) in [7, 11) is 0. The highest BCUT2D eigenvalue weighted by molar-refractivity contribution is 5.97. The maximum absolute atomic E-state index is 12.4. The average molecular weight is 330 g/mol. The first-order chi connectivity index (χ1) is 11.6. The SMILES string of the molecule is CCc1ccc(C(=O)CN2CCN(C(=O)C(CC)CC)CC2)cc1. The second-order valence-electron chi connectivity index (χ2n) is 6.59. The van der Waals surface area contributed by atoms with Crippen LogP contribution in [-0.4, -0.2) is 54.2 Å². The smallest absolute Gasteiger partial charge is 0.225 e. The molecule has 0 unspecified atom stereocenters. The summed E-state index contributed by atoms with van der Waals surface area (Å²) in [4.78, 5) is 28.9. The van der Waals surface area contributed by atoms with Crippen LogP contribution in [0.2, 0.25) is 0 Å². The topological polar surface area (TPSA) is 40.6 Å². The molecule has 1 heterocycles. The number of carbonyl (C=O) groups is 2. The molecule has 1 aliphatic heterocycles. The van der Waals surface area contributed by atoms with Crippen molar-refractivity contribution in [2.24, 2.45) is 5.92 Å². The Morgan fingerprint density at radius 3 is 2.04 bits per heavy atom. The van der Waals surface area contributed by atoms with Crippen molar-refractivity contribution in [3.05, 3.63) is 35.4 Å². The maximum Gasteiger partial charge on any atom is 0.225 e. The highest BCUT2D eigenvalue weighted by Crippen LogP contribution is 2.14. The molecule has 0 N–H and O–H groups in total. The van der Waals surface area contributed by atoms with E-state index in [9.17, 15) is 9.59 Å². The van der Waals surface area contributed by atoms with E-state index < -0.39 is 0 Å². The van der Waals surface area contributed by atoms with Gasteiger partial charge in [0.1, 0.15) is 0 Å². The Labute approximate surface area is 145 Å². The zero-order chi connectivity index (χ0) is 17.5. The van der Waals surface area contributed by atoms with Crippen molar-refractivity contribution < 1.29 is 9.59 Å². The van der Waals surface area contributed by atoms with Gasteiger partial charge < -0.3 is 4.90 Å². The van der Waals surface area contributed by atoms with Crippen LogP contribution in [0.25, 0.3) is 0 Å². The van der Waals surface area contributed by atoms with E-state index in [1.54, 1.807) is 0 Å². The predicted molar refractivity (Wildman–Crippen MR) is 97.2 cm³/mol. The van der Waals surface area contributed by atoms with Gasteiger partial charge in [0.2, 0.25) is 5.91 Å². The van der Waals surface area contributed by atoms with Gasteiger partial charge in [-0.2, -0.15) is 0 Å². The largest absolute Gasteiger partial charge is 0.340 e. The Morgan fingerprint density at radius 1 is 0.958 bits per heavy atom. The van der Waals surface area contributed by atoms with Crippen molar-refractivity contribution in [3.63, 3.8) is 0 Å². The quantitative estimate of drug-likeness (QED) is 0.722. The van der Waals surface area contributed by atoms with E-state index in [4.69, 9.17) is 0 Å². The van der Waals surface area contributed by atoms with Crippen molar-refractivity contribution in [1.29, 1.82) is 0 Å². The maximum atomic E-state index is 12.4. The van der Waals surface area contributed by atoms with Crippen molar-refractivity contribution in [2.75, 3.05) is 32.7 Å². The van der Waals surface area contributed by atoms with E-state index in [0.717, 1.165) is 51.0 Å². The van der Waals surface area contributed by atoms with Crippen LogP contribution >= 0.6 is 0 Å². The van der Waals surface area contributed by atoms with Gasteiger partial charge in [-0.25, -0.2) is 0 Å². The van der Waals surface area contributed by atoms with Crippen LogP contribution in [0.5, 0.6) is 0 Å². The third-order valence-electron chi connectivity index (χ3n) is 5.07. The number of Topliss-reactive ketones (excluding diaryl/α,β-unsaturated/α-hetero) is 1. The zero-order valence-corrected chi connectivity index (χ0v) is 15.3. The van der Waals surface area contributed by atoms with Gasteiger partial charge in [-0.05, 0) is 24.8 Å². The fraction of sp³-hybridized carbons (Fsp3) is 0.600. The number of ketones is 1. The average Bonchev–Trinajstić information content (AvgIpc) is 2.63. The minimum Gasteiger partial charge on any atom is -0.340 e. The van der Waals surface area contributed by atoms with E-state index in [0.29, 0.717) is 6.54 Å². The third-order valence-corrected chi connectivity index (χ3v) is 5.07. The Bertz CT molecular complexity index is 541. The van der Waals surface area contributed by atoms with E-state index in [-0.39, 0.29) is 17.6 Å². The summed E-state index contributed by atoms with van der Waals surface area (Å²) in [5, 5.41) is 0. The molecule has 132 valence electrons. The number of carbonyl (C=O) groups excluding carboxylic acids is 2. The third kappa shape index (κ3) is 4.67. The van der Waals surface area contributed by atoms with Crippen molar-refractivity contribution >= 4 is 11.7 Å². The lowest BCUT2D eigenvalue weighted by atomic mass is 10.0. The molecule has 0 saturated carbocycles. The molecule has 4 nitrogen and oxygen atoms in total. The number of hydrogen-bond acceptors (Lipinski definition) is 3. The second-order valence-corrected chi connectivity index (χ2v) is 6.59. The normalized spacial score (nSPS) is 15.8. The molecule has 2 rings (SSSR count). The van der Waals surface area contributed by atoms with Crippen LogP contribution in [0.4, 0.5) is 0 Å². The summed E-state index contributed by atoms with van der Waals surface area (Å²) < 4.78 is 0. The molecule has 0 spiro atoms. The Hall–Kier alpha value is -1.68. The number of nitrogens with zero attached hydrogens (tertiary/aromatic N) is 2. The molecule has 0 bridgehead atoms. The summed E-state index contributed by atoms with van der Waals surface area (Å²) in [5.41, 5.74) is 2.03. The summed E-state index contributed by atoms with van der Waals surface area (Å²) in [6.45, 7) is 9.73. The first-order valence-corrected chi connectivity index (χ1v) is 9.22. The number of aryl methyl sites for hydroxylation is 1. The standard InChI is InChI=1S/C20H30N2O2/c1-4-16-7-9-18(10-8-16)19(23)15-21-11-13-22(14-12-21)20(24)17(5-2)6-3/h7-10,17H,4-6,11-15H2,1-3H3. The van der Waals surface area contributed by atoms with E-state index in [1.807, 2.05) is 29.2 Å². The van der Waals surface area contributed by atoms with Gasteiger partial charge in [0.15, 0.2) is 5.78 Å². The van der Waals surface area contributed by atoms with Crippen LogP contribution in [0.15, 0.2) is 24.3 Å². The molecule has 1 amide bonds. The summed E-state index contributed by atoms with van der Waals surface area (Å²) >= 11 is 0. The van der Waals surface area contributed by atoms with Crippen molar-refractivity contribution in [1.82, 2.24) is 9.80 Å². The number of piperazine rings is 1. The van der Waals surface area contributed by atoms with Gasteiger partial charge >= 0.3 is 0 Å². The molecule has 0 radical (unpaired) electrons. The van der Waals surface area contributed by atoms with Crippen LogP contribution in [0, 0.1) is 5.92 Å². The van der Waals surface area contributed by atoms with Gasteiger partial charge in [-0.15, -0.1) is 0 Å². The second kappa shape index (κ2) is 8.97. The fourth-order valence-corrected chi connectivity index (χ4v) is 3.24. The Balaban J connectivity index is 1.83. The van der Waals surface area contributed by atoms with Crippen LogP contribution in [0.3, 0.4) is 0 Å². The molecule has 1 aromatic rings. The van der Waals surface area contributed by atoms with E-state index in [1.165, 1.54) is 5.56 Å². The van der Waals surface area contributed by atoms with Crippen molar-refractivity contribution in [3.8, 4) is 0 Å². The minimum atomic E-state index is 0.148. The highest BCUT2D eigenvalue weighted by Gasteiger charge is 2.26. The fourth-order valence-electron chi connectivity index (χ4n) is 3.24. The lowest BCUT2D eigenvalue weighted by molar-refractivity contribution is -0.137. The van der Waals surface area contributed by atoms with E-state index in [2.05, 4.69) is 25.7 Å². The molecular formula is C20H30N2O2. The number of benzene rings is 1. The van der Waals surface area contributed by atoms with E-state index >= 15 is 0 Å². The molecule has 1 aromatic carbocycles. The van der Waals surface area contributed by atoms with Gasteiger partial charge in [0.25, 0.3) is 0 Å². The van der Waals surface area contributed by atoms with Crippen LogP contribution in [-0.2, 0) is 11.2 Å². The van der Waals surface area contributed by atoms with Gasteiger partial charge in [-0.3, -0.25) is 14.5 Å². The molecule has 4 heteroatoms. The summed E-state index contributed by atoms with van der Waals surface area (Å²) in [6, 6.07) is 7.90. The van der Waals surface area contributed by atoms with Crippen molar-refractivity contribution in [2.45, 2.75) is 40.0 Å². The first-order valence-electron chi connectivity index (χ1n) is 9.22. The van der Waals surface area contributed by atoms with Crippen LogP contribution < -0.4 is 0 Å². The molecule has 1 aliphatic rings. The van der Waals surface area contributed by atoms with Gasteiger partial charge in [0, 0.05) is 37.7 Å². The number of amides is 1. The molecule has 0 aliphatic carbocycles. The highest BCUT2D eigenvalue weighted by atomic mass is 16.2. The number of rotatable bonds is 7. The van der Waals surface area contributed by atoms with Crippen LogP contribution in [0.1, 0.15) is 49.5 Å². The van der Waals surface area contributed by atoms with Gasteiger partial charge in [-0.1, -0.05) is 45.0 Å². The predicted octanol–water partition coefficient (Wildman–Crippen LogP) is 3.01. The number of hydrogen-bond donors (Lipinski definition) is 0. The minimum absolute atomic E-state index is 0.148. The molecule has 0 aromatic heterocycles. The molecule has 1 fully saturated rings. The molecular weight excluding hydrogens is 300 g/mol. The molecule has 24 heavy (non-hydrogen) atoms. The zero-order valence-electron chi connectivity index (χ0n) is 15.3. The lowest BCUT2D eigenvalue weighted by Gasteiger charge is -2.36. The lowest BCUT2D eigenvalue weighted by Crippen LogP contribution is -2.51.